The second-order valence-corrected chi connectivity index (χ2v) is 34.4. The van der Waals surface area contributed by atoms with E-state index < -0.39 is 51.0 Å². The normalized spacial score (nSPS) is 35.9. The molecule has 8 aliphatic rings. The van der Waals surface area contributed by atoms with Crippen molar-refractivity contribution in [2.24, 2.45) is 105 Å². The minimum atomic E-state index is -4.84. The number of phosphoric acid groups is 1. The van der Waals surface area contributed by atoms with Crippen LogP contribution in [-0.2, 0) is 51.7 Å². The van der Waals surface area contributed by atoms with Gasteiger partial charge in [0.15, 0.2) is 6.10 Å². The van der Waals surface area contributed by atoms with Gasteiger partial charge < -0.3 is 37.4 Å². The van der Waals surface area contributed by atoms with Crippen LogP contribution in [-0.4, -0.2) is 94.2 Å². The first-order valence-corrected chi connectivity index (χ1v) is 37.4. The molecule has 0 aromatic carbocycles. The van der Waals surface area contributed by atoms with Crippen LogP contribution in [0, 0.1) is 105 Å². The maximum atomic E-state index is 13.4. The lowest BCUT2D eigenvalue weighted by atomic mass is 9.47. The highest BCUT2D eigenvalue weighted by atomic mass is 31.2. The molecule has 0 spiro atoms. The maximum Gasteiger partial charge on any atom is 0.306 e. The van der Waals surface area contributed by atoms with Crippen LogP contribution in [0.15, 0.2) is 23.3 Å². The van der Waals surface area contributed by atoms with Crippen molar-refractivity contribution in [3.63, 3.8) is 0 Å². The van der Waals surface area contributed by atoms with Crippen molar-refractivity contribution in [2.45, 2.75) is 268 Å². The van der Waals surface area contributed by atoms with E-state index in [4.69, 9.17) is 28.0 Å². The van der Waals surface area contributed by atoms with Crippen LogP contribution >= 0.6 is 7.82 Å². The van der Waals surface area contributed by atoms with E-state index in [1.165, 1.54) is 101 Å². The summed E-state index contributed by atoms with van der Waals surface area (Å²) in [4.78, 5) is 66.1. The van der Waals surface area contributed by atoms with Crippen molar-refractivity contribution in [3.05, 3.63) is 23.3 Å². The summed E-state index contributed by atoms with van der Waals surface area (Å²) < 4.78 is 46.8. The van der Waals surface area contributed by atoms with E-state index in [-0.39, 0.29) is 55.3 Å². The average Bonchev–Trinajstić information content (AvgIpc) is 1.61. The van der Waals surface area contributed by atoms with Gasteiger partial charge in [0.2, 0.25) is 0 Å². The summed E-state index contributed by atoms with van der Waals surface area (Å²) in [6.45, 7) is 28.6. The monoisotopic (exact) mass is 1250 g/mol. The number of phosphoric ester groups is 1. The second-order valence-electron chi connectivity index (χ2n) is 33.0. The summed E-state index contributed by atoms with van der Waals surface area (Å²) >= 11 is 0. The number of esters is 4. The highest BCUT2D eigenvalue weighted by molar-refractivity contribution is 7.45. The Labute approximate surface area is 534 Å². The lowest BCUT2D eigenvalue weighted by Crippen LogP contribution is -2.51. The van der Waals surface area contributed by atoms with E-state index in [9.17, 15) is 28.6 Å². The first kappa shape index (κ1) is 71.3. The number of carbonyl (C=O) groups excluding carboxylic acids is 4. The Kier molecular flexibility index (Phi) is 24.1. The number of carbonyl (C=O) groups is 4. The number of ether oxygens (including phenoxy) is 4. The second kappa shape index (κ2) is 29.8. The summed E-state index contributed by atoms with van der Waals surface area (Å²) in [7, 11) is 0.852. The van der Waals surface area contributed by atoms with E-state index in [1.807, 2.05) is 21.1 Å². The van der Waals surface area contributed by atoms with Crippen molar-refractivity contribution >= 4 is 31.7 Å². The molecule has 88 heavy (non-hydrogen) atoms. The van der Waals surface area contributed by atoms with Gasteiger partial charge in [-0.1, -0.05) is 132 Å². The summed E-state index contributed by atoms with van der Waals surface area (Å²) in [6, 6.07) is 0. The van der Waals surface area contributed by atoms with Crippen molar-refractivity contribution in [1.82, 2.24) is 0 Å². The zero-order valence-electron chi connectivity index (χ0n) is 58.0. The van der Waals surface area contributed by atoms with Crippen LogP contribution in [0.3, 0.4) is 0 Å². The van der Waals surface area contributed by atoms with Gasteiger partial charge in [-0.05, 0) is 207 Å². The van der Waals surface area contributed by atoms with Gasteiger partial charge in [-0.2, -0.15) is 0 Å². The lowest BCUT2D eigenvalue weighted by molar-refractivity contribution is -0.870. The van der Waals surface area contributed by atoms with Crippen molar-refractivity contribution < 1.29 is 61.1 Å². The van der Waals surface area contributed by atoms with Gasteiger partial charge in [0.05, 0.1) is 53.4 Å². The molecule has 0 saturated heterocycles. The third kappa shape index (κ3) is 16.7. The summed E-state index contributed by atoms with van der Waals surface area (Å²) in [5.41, 5.74) is 3.87. The minimum Gasteiger partial charge on any atom is -0.756 e. The molecule has 502 valence electrons. The fourth-order valence-corrected chi connectivity index (χ4v) is 21.7. The van der Waals surface area contributed by atoms with Crippen molar-refractivity contribution in [3.8, 4) is 0 Å². The SMILES string of the molecule is CC[C@H](CC[C@@H](C)[C@H]1CC[C@H]2[C@@H]3CC=C4C[C@H](OC(=O)CCC(=O)OC(COC(=O)CCC(=O)O[C@H]5CC[C@@]6(C)C(=CC[C@H]7[C@@H]8CC[C@H]([C@H](C)CC[C@@H](CC)C(C)C)[C@@]8(C)CC[C@@H]76)C5)COP(=O)([O-])OCC[N+](C)(C)C)CC[C@]4(C)[C@H]3CC[C@]12C)C(C)C. The lowest BCUT2D eigenvalue weighted by Gasteiger charge is -2.58. The predicted octanol–water partition coefficient (Wildman–Crippen LogP) is 16.4. The maximum absolute atomic E-state index is 13.4. The van der Waals surface area contributed by atoms with E-state index in [1.54, 1.807) is 0 Å². The summed E-state index contributed by atoms with van der Waals surface area (Å²) in [6.07, 6.45) is 27.7. The number of hydrogen-bond acceptors (Lipinski definition) is 12. The Bertz CT molecular complexity index is 2480. The number of nitrogens with zero attached hydrogens (tertiary/aromatic N) is 1. The third-order valence-corrected chi connectivity index (χ3v) is 27.3. The zero-order chi connectivity index (χ0) is 64.1. The molecule has 13 nitrogen and oxygen atoms in total. The van der Waals surface area contributed by atoms with Gasteiger partial charge in [0, 0.05) is 12.8 Å². The number of likely N-dealkylation sites (N-methyl/N-ethyl adjacent to an activating group) is 1. The molecular formula is C74H124NO12P. The Morgan fingerprint density at radius 3 is 1.44 bits per heavy atom. The molecular weight excluding hydrogens is 1130 g/mol. The fraction of sp³-hybridized carbons (Fsp3) is 0.892. The molecule has 0 aliphatic heterocycles. The Morgan fingerprint density at radius 1 is 0.568 bits per heavy atom. The minimum absolute atomic E-state index is 0.0966. The molecule has 0 N–H and O–H groups in total. The molecule has 0 radical (unpaired) electrons. The highest BCUT2D eigenvalue weighted by Gasteiger charge is 2.61. The number of rotatable bonds is 30. The van der Waals surface area contributed by atoms with Crippen LogP contribution < -0.4 is 4.89 Å². The van der Waals surface area contributed by atoms with Gasteiger partial charge >= 0.3 is 23.9 Å². The van der Waals surface area contributed by atoms with Gasteiger partial charge in [0.25, 0.3) is 7.82 Å². The quantitative estimate of drug-likeness (QED) is 0.0220. The topological polar surface area (TPSA) is 164 Å². The molecule has 0 aromatic rings. The van der Waals surface area contributed by atoms with Gasteiger partial charge in [0.1, 0.15) is 32.0 Å². The number of allylic oxidation sites excluding steroid dienone is 2. The fourth-order valence-electron chi connectivity index (χ4n) is 20.9. The van der Waals surface area contributed by atoms with Gasteiger partial charge in [-0.15, -0.1) is 0 Å². The first-order valence-electron chi connectivity index (χ1n) is 36.0. The highest BCUT2D eigenvalue weighted by Crippen LogP contribution is 2.69. The van der Waals surface area contributed by atoms with Crippen molar-refractivity contribution in [1.29, 1.82) is 0 Å². The molecule has 0 heterocycles. The van der Waals surface area contributed by atoms with E-state index in [2.05, 4.69) is 95.2 Å². The van der Waals surface area contributed by atoms with Crippen LogP contribution in [0.2, 0.25) is 0 Å². The molecule has 2 unspecified atom stereocenters. The summed E-state index contributed by atoms with van der Waals surface area (Å²) in [5, 5.41) is 0. The first-order chi connectivity index (χ1) is 41.4. The molecule has 6 fully saturated rings. The van der Waals surface area contributed by atoms with Crippen LogP contribution in [0.4, 0.5) is 0 Å². The Balaban J connectivity index is 0.782. The standard InChI is InChI=1S/C74H124NO12P/c1-16-52(48(3)4)20-18-50(7)61-26-28-63-59-24-22-54-44-56(34-38-71(54,9)65(59)36-40-73(61,63)11)85-68(77)31-30-67(76)82-46-58(47-84-88(80,81)83-43-42-75(13,14)15)87-70(79)33-32-69(78)86-57-35-39-72(10)55(45-57)23-25-60-64-29-27-62(74(64,12)41-37-66(60)72)51(8)19-21-53(17-2)49(5)6/h22-23,48-53,56-66H,16-21,24-47H2,1-15H3/t50-,51-,52-,53-,56+,57-,58?,59+,60+,61-,62-,63+,64+,65+,66+,71+,72+,73-,74-/m1/s1. The zero-order valence-corrected chi connectivity index (χ0v) is 58.9. The largest absolute Gasteiger partial charge is 0.756 e. The van der Waals surface area contributed by atoms with E-state index in [0.717, 1.165) is 104 Å². The molecule has 8 aliphatic carbocycles. The molecule has 8 rings (SSSR count). The molecule has 14 heteroatoms. The van der Waals surface area contributed by atoms with Crippen LogP contribution in [0.1, 0.15) is 250 Å². The molecule has 0 aromatic heterocycles. The average molecular weight is 1250 g/mol. The molecule has 20 atom stereocenters. The Morgan fingerprint density at radius 2 is 1.01 bits per heavy atom. The number of fused-ring (bicyclic) bond motifs is 10. The molecule has 6 saturated carbocycles. The Hall–Kier alpha value is -2.57. The molecule has 0 bridgehead atoms. The van der Waals surface area contributed by atoms with Gasteiger partial charge in [-0.25, -0.2) is 0 Å². The smallest absolute Gasteiger partial charge is 0.306 e. The van der Waals surface area contributed by atoms with E-state index in [0.29, 0.717) is 52.0 Å². The summed E-state index contributed by atoms with van der Waals surface area (Å²) in [5.74, 6) is 7.96. The van der Waals surface area contributed by atoms with Gasteiger partial charge in [-0.3, -0.25) is 23.7 Å². The number of quaternary nitrogens is 1. The van der Waals surface area contributed by atoms with E-state index >= 15 is 0 Å². The van der Waals surface area contributed by atoms with Crippen LogP contribution in [0.5, 0.6) is 0 Å². The predicted molar refractivity (Wildman–Crippen MR) is 346 cm³/mol. The van der Waals surface area contributed by atoms with Crippen LogP contribution in [0.25, 0.3) is 0 Å². The third-order valence-electron chi connectivity index (χ3n) is 26.4. The van der Waals surface area contributed by atoms with Crippen molar-refractivity contribution in [2.75, 3.05) is 47.5 Å². The number of hydrogen-bond donors (Lipinski definition) is 0. The molecule has 0 amide bonds.